The number of amides is 2. The fraction of sp³-hybridized carbons (Fsp3) is 0.200. The predicted octanol–water partition coefficient (Wildman–Crippen LogP) is 5.98. The molecular formula is C35H32ClN5O5S. The average molecular weight is 670 g/mol. The molecule has 1 unspecified atom stereocenters. The molecule has 0 radical (unpaired) electrons. The predicted molar refractivity (Wildman–Crippen MR) is 188 cm³/mol. The number of fused-ring (bicyclic) bond motifs is 5. The van der Waals surface area contributed by atoms with Crippen molar-refractivity contribution in [3.05, 3.63) is 94.4 Å². The number of nitrogens with one attached hydrogen (secondary N) is 4. The second kappa shape index (κ2) is 12.3. The fourth-order valence-electron chi connectivity index (χ4n) is 6.41. The fourth-order valence-corrected chi connectivity index (χ4v) is 6.66. The van der Waals surface area contributed by atoms with Crippen molar-refractivity contribution in [3.63, 3.8) is 0 Å². The van der Waals surface area contributed by atoms with E-state index in [1.807, 2.05) is 31.3 Å². The van der Waals surface area contributed by atoms with Crippen LogP contribution in [0, 0.1) is 6.92 Å². The van der Waals surface area contributed by atoms with Gasteiger partial charge in [-0.25, -0.2) is 0 Å². The molecule has 1 aliphatic heterocycles. The van der Waals surface area contributed by atoms with Gasteiger partial charge in [0.1, 0.15) is 17.2 Å². The largest absolute Gasteiger partial charge is 0.506 e. The molecule has 0 aliphatic carbocycles. The van der Waals surface area contributed by atoms with Gasteiger partial charge in [0, 0.05) is 69.8 Å². The molecule has 240 valence electrons. The molecule has 1 atom stereocenters. The molecule has 4 heterocycles. The van der Waals surface area contributed by atoms with E-state index in [4.69, 9.17) is 11.6 Å². The Hall–Kier alpha value is -5.00. The number of rotatable bonds is 8. The third kappa shape index (κ3) is 5.66. The van der Waals surface area contributed by atoms with Gasteiger partial charge in [0.2, 0.25) is 0 Å². The summed E-state index contributed by atoms with van der Waals surface area (Å²) < 4.78 is 0. The maximum absolute atomic E-state index is 13.8. The van der Waals surface area contributed by atoms with E-state index in [2.05, 4.69) is 20.3 Å². The van der Waals surface area contributed by atoms with Crippen molar-refractivity contribution >= 4 is 86.9 Å². The smallest absolute Gasteiger partial charge is 0.274 e. The van der Waals surface area contributed by atoms with Crippen molar-refractivity contribution in [2.45, 2.75) is 26.2 Å². The number of phenolic OH excluding ortho intramolecular Hbond substituents is 1. The highest BCUT2D eigenvalue weighted by Gasteiger charge is 2.36. The molecule has 0 fully saturated rings. The number of aromatic nitrogens is 3. The molecule has 2 amide bonds. The Morgan fingerprint density at radius 1 is 0.979 bits per heavy atom. The molecule has 0 saturated heterocycles. The lowest BCUT2D eigenvalue weighted by Crippen LogP contribution is -2.30. The number of ketones is 2. The quantitative estimate of drug-likeness (QED) is 0.0997. The van der Waals surface area contributed by atoms with Crippen LogP contribution in [0.3, 0.4) is 0 Å². The van der Waals surface area contributed by atoms with E-state index in [1.165, 1.54) is 6.92 Å². The molecule has 12 heteroatoms. The Bertz CT molecular complexity index is 2250. The van der Waals surface area contributed by atoms with Crippen molar-refractivity contribution in [2.24, 2.45) is 0 Å². The minimum atomic E-state index is -0.358. The summed E-state index contributed by atoms with van der Waals surface area (Å²) in [6, 6.07) is 15.8. The minimum Gasteiger partial charge on any atom is -0.506 e. The Morgan fingerprint density at radius 3 is 2.43 bits per heavy atom. The summed E-state index contributed by atoms with van der Waals surface area (Å²) in [4.78, 5) is 61.8. The third-order valence-corrected chi connectivity index (χ3v) is 9.02. The monoisotopic (exact) mass is 669 g/mol. The molecule has 3 aromatic heterocycles. The van der Waals surface area contributed by atoms with Gasteiger partial charge in [-0.2, -0.15) is 13.5 Å². The van der Waals surface area contributed by atoms with Crippen LogP contribution in [0.25, 0.3) is 32.7 Å². The van der Waals surface area contributed by atoms with Crippen LogP contribution in [-0.4, -0.2) is 62.4 Å². The highest BCUT2D eigenvalue weighted by atomic mass is 35.5. The molecule has 6 aromatic rings. The van der Waals surface area contributed by atoms with Crippen molar-refractivity contribution in [1.29, 1.82) is 0 Å². The minimum absolute atomic E-state index is 0. The first-order chi connectivity index (χ1) is 22.1. The van der Waals surface area contributed by atoms with Gasteiger partial charge < -0.3 is 30.3 Å². The van der Waals surface area contributed by atoms with Crippen LogP contribution < -0.4 is 10.2 Å². The van der Waals surface area contributed by atoms with Crippen LogP contribution in [0.1, 0.15) is 60.9 Å². The summed E-state index contributed by atoms with van der Waals surface area (Å²) >= 11 is 6.37. The number of halogens is 1. The van der Waals surface area contributed by atoms with Crippen LogP contribution in [-0.2, 0) is 11.2 Å². The molecule has 0 spiro atoms. The molecule has 5 N–H and O–H groups in total. The number of aromatic amines is 3. The number of hydrogen-bond acceptors (Lipinski definition) is 5. The number of benzene rings is 3. The number of alkyl halides is 1. The number of H-pyrrole nitrogens is 3. The van der Waals surface area contributed by atoms with E-state index in [-0.39, 0.29) is 61.5 Å². The van der Waals surface area contributed by atoms with Crippen molar-refractivity contribution in [2.75, 3.05) is 23.9 Å². The highest BCUT2D eigenvalue weighted by molar-refractivity contribution is 7.59. The zero-order valence-electron chi connectivity index (χ0n) is 25.6. The first-order valence-corrected chi connectivity index (χ1v) is 15.4. The summed E-state index contributed by atoms with van der Waals surface area (Å²) in [7, 11) is 0. The van der Waals surface area contributed by atoms with Gasteiger partial charge in [0.15, 0.2) is 5.78 Å². The third-order valence-electron chi connectivity index (χ3n) is 8.65. The van der Waals surface area contributed by atoms with Gasteiger partial charge in [-0.05, 0) is 73.0 Å². The van der Waals surface area contributed by atoms with Crippen molar-refractivity contribution in [3.8, 4) is 5.75 Å². The van der Waals surface area contributed by atoms with Crippen LogP contribution in [0.2, 0.25) is 0 Å². The van der Waals surface area contributed by atoms with E-state index >= 15 is 0 Å². The number of nitrogens with zero attached hydrogens (tertiary/aromatic N) is 1. The maximum atomic E-state index is 13.8. The Labute approximate surface area is 280 Å². The summed E-state index contributed by atoms with van der Waals surface area (Å²) in [5.41, 5.74) is 6.68. The van der Waals surface area contributed by atoms with Gasteiger partial charge in [-0.15, -0.1) is 11.6 Å². The topological polar surface area (TPSA) is 151 Å². The molecule has 0 bridgehead atoms. The molecule has 0 saturated carbocycles. The SMILES string of the molecule is CC(=O)CNC(=O)c1ccc2[nH]c(C(=O)Cc3ccc4[nH]c(C(=O)N5CC(CCl)c6c5cc(O)c5[nH]cc(C)c65)cc4c3)cc2c1.S. The van der Waals surface area contributed by atoms with Gasteiger partial charge in [-0.3, -0.25) is 19.2 Å². The van der Waals surface area contributed by atoms with E-state index in [9.17, 15) is 24.3 Å². The number of aromatic hydroxyl groups is 1. The molecular weight excluding hydrogens is 638 g/mol. The first kappa shape index (κ1) is 32.0. The van der Waals surface area contributed by atoms with E-state index in [0.717, 1.165) is 38.5 Å². The standard InChI is InChI=1S/C35H30ClN5O5.H2S/c1-17-14-37-33-30(44)12-28-32(31(17)33)23(13-36)16-41(28)35(46)27-11-21-7-19(3-5-24(21)40-27)8-29(43)26-10-22-9-20(4-6-25(22)39-26)34(45)38-15-18(2)42;/h3-7,9-12,14,23,37,39-40,44H,8,13,15-16H2,1-2H3,(H,38,45);1H2. The lowest BCUT2D eigenvalue weighted by molar-refractivity contribution is -0.116. The number of Topliss-reactive ketones (excluding diaryl/α,β-unsaturated/α-hetero) is 2. The van der Waals surface area contributed by atoms with Crippen LogP contribution in [0.15, 0.2) is 60.8 Å². The van der Waals surface area contributed by atoms with E-state index in [1.54, 1.807) is 41.3 Å². The van der Waals surface area contributed by atoms with Gasteiger partial charge >= 0.3 is 0 Å². The zero-order chi connectivity index (χ0) is 32.3. The normalized spacial score (nSPS) is 14.0. The number of aryl methyl sites for hydroxylation is 1. The summed E-state index contributed by atoms with van der Waals surface area (Å²) in [6.07, 6.45) is 1.97. The second-order valence-electron chi connectivity index (χ2n) is 11.9. The van der Waals surface area contributed by atoms with Crippen molar-refractivity contribution in [1.82, 2.24) is 20.3 Å². The van der Waals surface area contributed by atoms with Crippen LogP contribution in [0.4, 0.5) is 5.69 Å². The summed E-state index contributed by atoms with van der Waals surface area (Å²) in [6.45, 7) is 3.71. The van der Waals surface area contributed by atoms with Gasteiger partial charge in [0.25, 0.3) is 11.8 Å². The number of carbonyl (C=O) groups is 4. The number of phenols is 1. The maximum Gasteiger partial charge on any atom is 0.274 e. The number of carbonyl (C=O) groups excluding carboxylic acids is 4. The zero-order valence-corrected chi connectivity index (χ0v) is 27.3. The first-order valence-electron chi connectivity index (χ1n) is 14.9. The molecule has 7 rings (SSSR count). The Kier molecular flexibility index (Phi) is 8.37. The second-order valence-corrected chi connectivity index (χ2v) is 12.2. The molecule has 10 nitrogen and oxygen atoms in total. The number of anilines is 1. The lowest BCUT2D eigenvalue weighted by atomic mass is 9.97. The van der Waals surface area contributed by atoms with E-state index in [0.29, 0.717) is 46.0 Å². The Morgan fingerprint density at radius 2 is 1.68 bits per heavy atom. The van der Waals surface area contributed by atoms with Gasteiger partial charge in [0.05, 0.1) is 23.4 Å². The van der Waals surface area contributed by atoms with Gasteiger partial charge in [-0.1, -0.05) is 6.07 Å². The lowest BCUT2D eigenvalue weighted by Gasteiger charge is -2.17. The number of hydrogen-bond donors (Lipinski definition) is 5. The van der Waals surface area contributed by atoms with E-state index < -0.39 is 0 Å². The molecule has 1 aliphatic rings. The highest BCUT2D eigenvalue weighted by Crippen LogP contribution is 2.46. The van der Waals surface area contributed by atoms with Crippen LogP contribution >= 0.6 is 25.1 Å². The average Bonchev–Trinajstić information content (AvgIpc) is 3.82. The Balaban J connectivity index is 0.00000386. The summed E-state index contributed by atoms with van der Waals surface area (Å²) in [5, 5.41) is 15.7. The molecule has 47 heavy (non-hydrogen) atoms. The molecule has 3 aromatic carbocycles. The van der Waals surface area contributed by atoms with Crippen LogP contribution in [0.5, 0.6) is 5.75 Å². The summed E-state index contributed by atoms with van der Waals surface area (Å²) in [5.74, 6) is -0.537. The van der Waals surface area contributed by atoms with Crippen molar-refractivity contribution < 1.29 is 24.3 Å².